The minimum atomic E-state index is -0.606. The zero-order valence-electron chi connectivity index (χ0n) is 23.6. The van der Waals surface area contributed by atoms with Crippen LogP contribution in [0.4, 0.5) is 15.9 Å². The zero-order valence-corrected chi connectivity index (χ0v) is 23.6. The molecular formula is C32H30FN5O5. The van der Waals surface area contributed by atoms with Crippen molar-refractivity contribution in [3.8, 4) is 34.2 Å². The Bertz CT molecular complexity index is 1640. The number of halogens is 1. The molecule has 2 amide bonds. The molecular weight excluding hydrogens is 553 g/mol. The molecule has 2 aromatic carbocycles. The average Bonchev–Trinajstić information content (AvgIpc) is 3.56. The second-order valence-corrected chi connectivity index (χ2v) is 9.98. The number of pyridine rings is 1. The Morgan fingerprint density at radius 3 is 2.63 bits per heavy atom. The zero-order chi connectivity index (χ0) is 30.2. The summed E-state index contributed by atoms with van der Waals surface area (Å²) >= 11 is 0. The van der Waals surface area contributed by atoms with E-state index in [4.69, 9.17) is 13.9 Å². The van der Waals surface area contributed by atoms with Gasteiger partial charge in [-0.25, -0.2) is 9.37 Å². The third kappa shape index (κ3) is 7.24. The molecule has 5 rings (SSSR count). The van der Waals surface area contributed by atoms with Gasteiger partial charge in [-0.1, -0.05) is 18.6 Å². The molecule has 11 heteroatoms. The highest BCUT2D eigenvalue weighted by Gasteiger charge is 2.21. The first-order chi connectivity index (χ1) is 20.9. The largest absolute Gasteiger partial charge is 0.467 e. The van der Waals surface area contributed by atoms with E-state index < -0.39 is 11.7 Å². The summed E-state index contributed by atoms with van der Waals surface area (Å²) in [7, 11) is 1.44. The Hall–Kier alpha value is -5.05. The Morgan fingerprint density at radius 1 is 1.05 bits per heavy atom. The van der Waals surface area contributed by atoms with Crippen LogP contribution in [0, 0.1) is 17.1 Å². The van der Waals surface area contributed by atoms with E-state index in [0.717, 1.165) is 25.9 Å². The van der Waals surface area contributed by atoms with E-state index in [-0.39, 0.29) is 35.6 Å². The van der Waals surface area contributed by atoms with Crippen LogP contribution in [-0.2, 0) is 9.53 Å². The molecule has 10 nitrogen and oxygen atoms in total. The van der Waals surface area contributed by atoms with E-state index in [2.05, 4.69) is 26.6 Å². The Labute approximate surface area is 248 Å². The molecule has 2 N–H and O–H groups in total. The predicted molar refractivity (Wildman–Crippen MR) is 158 cm³/mol. The maximum absolute atomic E-state index is 14.2. The highest BCUT2D eigenvalue weighted by Crippen LogP contribution is 2.37. The normalized spacial score (nSPS) is 13.2. The first kappa shape index (κ1) is 29.4. The standard InChI is InChI=1S/C32H30FN5O5/c1-41-20-43-29-16-22(33)10-11-24(29)27-17-25(26(18-34)31(36-27)37-32(40)28-9-6-14-42-28)21-7-5-8-23(15-21)35-30(39)19-38-12-3-2-4-13-38/h5-11,14-17H,2-4,12-13,19-20H2,1H3,(H,35,39)(H,36,37,40). The molecule has 1 saturated heterocycles. The number of hydrogen-bond acceptors (Lipinski definition) is 8. The number of piperidine rings is 1. The number of ether oxygens (including phenoxy) is 2. The Kier molecular flexibility index (Phi) is 9.41. The molecule has 0 saturated carbocycles. The summed E-state index contributed by atoms with van der Waals surface area (Å²) < 4.78 is 30.0. The van der Waals surface area contributed by atoms with Crippen molar-refractivity contribution in [2.75, 3.05) is 44.2 Å². The van der Waals surface area contributed by atoms with Crippen LogP contribution < -0.4 is 15.4 Å². The summed E-state index contributed by atoms with van der Waals surface area (Å²) in [5.74, 6) is -1.10. The number of methoxy groups -OCH3 is 1. The first-order valence-corrected chi connectivity index (χ1v) is 13.8. The van der Waals surface area contributed by atoms with Gasteiger partial charge in [-0.05, 0) is 74.0 Å². The second-order valence-electron chi connectivity index (χ2n) is 9.98. The molecule has 0 unspecified atom stereocenters. The molecule has 1 fully saturated rings. The lowest BCUT2D eigenvalue weighted by molar-refractivity contribution is -0.117. The van der Waals surface area contributed by atoms with Crippen LogP contribution in [0.15, 0.2) is 71.3 Å². The maximum atomic E-state index is 14.2. The molecule has 0 aliphatic carbocycles. The lowest BCUT2D eigenvalue weighted by atomic mass is 9.97. The number of furan rings is 1. The number of carbonyl (C=O) groups excluding carboxylic acids is 2. The van der Waals surface area contributed by atoms with Crippen LogP contribution in [0.2, 0.25) is 0 Å². The number of nitrogens with zero attached hydrogens (tertiary/aromatic N) is 3. The van der Waals surface area contributed by atoms with Crippen LogP contribution in [0.1, 0.15) is 35.4 Å². The summed E-state index contributed by atoms with van der Waals surface area (Å²) in [6, 6.07) is 17.9. The van der Waals surface area contributed by atoms with Gasteiger partial charge in [0.05, 0.1) is 18.5 Å². The number of hydrogen-bond donors (Lipinski definition) is 2. The summed E-state index contributed by atoms with van der Waals surface area (Å²) in [6.07, 6.45) is 4.69. The van der Waals surface area contributed by atoms with E-state index >= 15 is 0 Å². The molecule has 0 radical (unpaired) electrons. The Morgan fingerprint density at radius 2 is 1.88 bits per heavy atom. The van der Waals surface area contributed by atoms with Crippen LogP contribution >= 0.6 is 0 Å². The fraction of sp³-hybridized carbons (Fsp3) is 0.250. The lowest BCUT2D eigenvalue weighted by Crippen LogP contribution is -2.36. The first-order valence-electron chi connectivity index (χ1n) is 13.8. The van der Waals surface area contributed by atoms with Gasteiger partial charge in [0, 0.05) is 30.0 Å². The van der Waals surface area contributed by atoms with Gasteiger partial charge in [-0.2, -0.15) is 5.26 Å². The van der Waals surface area contributed by atoms with Crippen molar-refractivity contribution >= 4 is 23.3 Å². The van der Waals surface area contributed by atoms with Crippen molar-refractivity contribution in [3.63, 3.8) is 0 Å². The van der Waals surface area contributed by atoms with Crippen molar-refractivity contribution in [1.82, 2.24) is 9.88 Å². The number of likely N-dealkylation sites (tertiary alicyclic amines) is 1. The Balaban J connectivity index is 1.55. The molecule has 43 heavy (non-hydrogen) atoms. The number of carbonyl (C=O) groups is 2. The number of nitrogens with one attached hydrogen (secondary N) is 2. The van der Waals surface area contributed by atoms with E-state index in [1.807, 2.05) is 0 Å². The van der Waals surface area contributed by atoms with Crippen LogP contribution in [0.3, 0.4) is 0 Å². The summed E-state index contributed by atoms with van der Waals surface area (Å²) in [5.41, 5.74) is 2.36. The van der Waals surface area contributed by atoms with Crippen LogP contribution in [-0.4, -0.2) is 55.2 Å². The number of nitriles is 1. The molecule has 1 aliphatic heterocycles. The molecule has 2 aromatic heterocycles. The minimum Gasteiger partial charge on any atom is -0.467 e. The van der Waals surface area contributed by atoms with Crippen molar-refractivity contribution < 1.29 is 27.9 Å². The molecule has 0 bridgehead atoms. The topological polar surface area (TPSA) is 130 Å². The van der Waals surface area contributed by atoms with Crippen molar-refractivity contribution in [3.05, 3.63) is 84.1 Å². The molecule has 3 heterocycles. The number of rotatable bonds is 10. The monoisotopic (exact) mass is 583 g/mol. The summed E-state index contributed by atoms with van der Waals surface area (Å²) in [6.45, 7) is 1.95. The van der Waals surface area contributed by atoms with Gasteiger partial charge in [-0.3, -0.25) is 14.5 Å². The van der Waals surface area contributed by atoms with Gasteiger partial charge in [0.1, 0.15) is 23.2 Å². The van der Waals surface area contributed by atoms with Gasteiger partial charge in [0.15, 0.2) is 18.4 Å². The third-order valence-corrected chi connectivity index (χ3v) is 6.93. The van der Waals surface area contributed by atoms with Gasteiger partial charge in [0.25, 0.3) is 5.91 Å². The number of amides is 2. The molecule has 220 valence electrons. The molecule has 0 atom stereocenters. The van der Waals surface area contributed by atoms with E-state index in [9.17, 15) is 19.2 Å². The van der Waals surface area contributed by atoms with Gasteiger partial charge in [-0.15, -0.1) is 0 Å². The highest BCUT2D eigenvalue weighted by atomic mass is 19.1. The van der Waals surface area contributed by atoms with E-state index in [1.54, 1.807) is 36.4 Å². The summed E-state index contributed by atoms with van der Waals surface area (Å²) in [5, 5.41) is 15.9. The predicted octanol–water partition coefficient (Wildman–Crippen LogP) is 5.68. The number of benzene rings is 2. The molecule has 1 aliphatic rings. The van der Waals surface area contributed by atoms with E-state index in [1.165, 1.54) is 44.1 Å². The average molecular weight is 584 g/mol. The summed E-state index contributed by atoms with van der Waals surface area (Å²) in [4.78, 5) is 32.4. The SMILES string of the molecule is COCOc1cc(F)ccc1-c1cc(-c2cccc(NC(=O)CN3CCCCC3)c2)c(C#N)c(NC(=O)c2ccco2)n1. The highest BCUT2D eigenvalue weighted by molar-refractivity contribution is 6.03. The van der Waals surface area contributed by atoms with Gasteiger partial charge >= 0.3 is 0 Å². The van der Waals surface area contributed by atoms with Crippen LogP contribution in [0.5, 0.6) is 5.75 Å². The third-order valence-electron chi connectivity index (χ3n) is 6.93. The number of aromatic nitrogens is 1. The van der Waals surface area contributed by atoms with Crippen LogP contribution in [0.25, 0.3) is 22.4 Å². The maximum Gasteiger partial charge on any atom is 0.292 e. The fourth-order valence-electron chi connectivity index (χ4n) is 4.93. The quantitative estimate of drug-likeness (QED) is 0.228. The number of anilines is 2. The van der Waals surface area contributed by atoms with Gasteiger partial charge in [0.2, 0.25) is 5.91 Å². The van der Waals surface area contributed by atoms with E-state index in [0.29, 0.717) is 34.6 Å². The lowest BCUT2D eigenvalue weighted by Gasteiger charge is -2.25. The second kappa shape index (κ2) is 13.7. The minimum absolute atomic E-state index is 0.0296. The fourth-order valence-corrected chi connectivity index (χ4v) is 4.93. The van der Waals surface area contributed by atoms with Crippen molar-refractivity contribution in [1.29, 1.82) is 5.26 Å². The smallest absolute Gasteiger partial charge is 0.292 e. The van der Waals surface area contributed by atoms with Crippen molar-refractivity contribution in [2.45, 2.75) is 19.3 Å². The van der Waals surface area contributed by atoms with Crippen molar-refractivity contribution in [2.24, 2.45) is 0 Å². The van der Waals surface area contributed by atoms with Gasteiger partial charge < -0.3 is 24.5 Å². The molecule has 4 aromatic rings. The molecule has 0 spiro atoms.